The van der Waals surface area contributed by atoms with Crippen LogP contribution >= 0.6 is 0 Å². The molecule has 1 aromatic rings. The van der Waals surface area contributed by atoms with Crippen molar-refractivity contribution in [1.29, 1.82) is 0 Å². The third kappa shape index (κ3) is 4.71. The molecule has 0 fully saturated rings. The maximum Gasteiger partial charge on any atom is 0.423 e. The molecule has 0 heterocycles. The molecule has 0 unspecified atom stereocenters. The van der Waals surface area contributed by atoms with Crippen molar-refractivity contribution >= 4 is 0 Å². The molecule has 8 heteroatoms. The molecule has 0 amide bonds. The largest absolute Gasteiger partial charge is 0.423 e. The van der Waals surface area contributed by atoms with E-state index in [1.54, 1.807) is 6.07 Å². The average Bonchev–Trinajstić information content (AvgIpc) is 2.26. The summed E-state index contributed by atoms with van der Waals surface area (Å²) in [7, 11) is 0. The van der Waals surface area contributed by atoms with E-state index >= 15 is 0 Å². The SMILES string of the molecule is O[C@H](COC(C(F)(F)F)C(F)(F)F)c1ccccc1. The molecular formula is C11H10F6O2. The van der Waals surface area contributed by atoms with Gasteiger partial charge in [0.2, 0.25) is 6.10 Å². The van der Waals surface area contributed by atoms with Crippen molar-refractivity contribution in [3.63, 3.8) is 0 Å². The molecule has 0 bridgehead atoms. The maximum absolute atomic E-state index is 12.1. The molecule has 0 aromatic heterocycles. The number of rotatable bonds is 4. The summed E-state index contributed by atoms with van der Waals surface area (Å²) in [6, 6.07) is 7.30. The Morgan fingerprint density at radius 1 is 0.947 bits per heavy atom. The maximum atomic E-state index is 12.1. The minimum atomic E-state index is -5.57. The topological polar surface area (TPSA) is 29.5 Å². The third-order valence-corrected chi connectivity index (χ3v) is 2.20. The molecule has 0 saturated carbocycles. The zero-order valence-corrected chi connectivity index (χ0v) is 9.37. The van der Waals surface area contributed by atoms with Crippen molar-refractivity contribution in [2.75, 3.05) is 6.61 Å². The van der Waals surface area contributed by atoms with Gasteiger partial charge in [-0.05, 0) is 5.56 Å². The van der Waals surface area contributed by atoms with Gasteiger partial charge in [-0.15, -0.1) is 0 Å². The third-order valence-electron chi connectivity index (χ3n) is 2.20. The fourth-order valence-electron chi connectivity index (χ4n) is 1.33. The van der Waals surface area contributed by atoms with E-state index in [-0.39, 0.29) is 5.56 Å². The Bertz CT molecular complexity index is 372. The second-order valence-electron chi connectivity index (χ2n) is 3.72. The van der Waals surface area contributed by atoms with Gasteiger partial charge in [0.1, 0.15) is 6.10 Å². The number of alkyl halides is 6. The van der Waals surface area contributed by atoms with Crippen molar-refractivity contribution in [3.8, 4) is 0 Å². The van der Waals surface area contributed by atoms with Gasteiger partial charge >= 0.3 is 12.4 Å². The number of hydrogen-bond acceptors (Lipinski definition) is 2. The van der Waals surface area contributed by atoms with Crippen molar-refractivity contribution in [1.82, 2.24) is 0 Å². The quantitative estimate of drug-likeness (QED) is 0.862. The number of benzene rings is 1. The Labute approximate surface area is 104 Å². The Kier molecular flexibility index (Phi) is 4.81. The van der Waals surface area contributed by atoms with Crippen molar-refractivity contribution in [2.24, 2.45) is 0 Å². The highest BCUT2D eigenvalue weighted by Crippen LogP contribution is 2.36. The monoisotopic (exact) mass is 288 g/mol. The first-order valence-electron chi connectivity index (χ1n) is 5.10. The lowest BCUT2D eigenvalue weighted by molar-refractivity contribution is -0.324. The molecule has 108 valence electrons. The van der Waals surface area contributed by atoms with Gasteiger partial charge in [0.15, 0.2) is 0 Å². The highest BCUT2D eigenvalue weighted by atomic mass is 19.4. The minimum absolute atomic E-state index is 0.172. The lowest BCUT2D eigenvalue weighted by Crippen LogP contribution is -2.45. The number of aliphatic hydroxyl groups excluding tert-OH is 1. The van der Waals surface area contributed by atoms with Crippen LogP contribution in [0.1, 0.15) is 11.7 Å². The van der Waals surface area contributed by atoms with Gasteiger partial charge in [0, 0.05) is 0 Å². The number of ether oxygens (including phenoxy) is 1. The summed E-state index contributed by atoms with van der Waals surface area (Å²) < 4.78 is 76.6. The molecule has 0 aliphatic heterocycles. The van der Waals surface area contributed by atoms with Gasteiger partial charge in [-0.3, -0.25) is 0 Å². The van der Waals surface area contributed by atoms with Crippen molar-refractivity contribution < 1.29 is 36.2 Å². The van der Waals surface area contributed by atoms with Crippen LogP contribution in [0.5, 0.6) is 0 Å². The predicted molar refractivity (Wildman–Crippen MR) is 53.3 cm³/mol. The summed E-state index contributed by atoms with van der Waals surface area (Å²) in [5, 5.41) is 9.44. The van der Waals surface area contributed by atoms with E-state index in [1.165, 1.54) is 24.3 Å². The van der Waals surface area contributed by atoms with Crippen LogP contribution in [0, 0.1) is 0 Å². The summed E-state index contributed by atoms with van der Waals surface area (Å²) in [5.74, 6) is 0. The first-order valence-corrected chi connectivity index (χ1v) is 5.10. The van der Waals surface area contributed by atoms with E-state index in [2.05, 4.69) is 4.74 Å². The van der Waals surface area contributed by atoms with E-state index in [9.17, 15) is 31.4 Å². The van der Waals surface area contributed by atoms with E-state index in [0.29, 0.717) is 0 Å². The predicted octanol–water partition coefficient (Wildman–Crippen LogP) is 3.23. The van der Waals surface area contributed by atoms with Crippen molar-refractivity contribution in [2.45, 2.75) is 24.6 Å². The molecule has 2 nitrogen and oxygen atoms in total. The zero-order valence-electron chi connectivity index (χ0n) is 9.37. The van der Waals surface area contributed by atoms with Gasteiger partial charge in [0.25, 0.3) is 0 Å². The van der Waals surface area contributed by atoms with E-state index in [0.717, 1.165) is 0 Å². The second kappa shape index (κ2) is 5.79. The molecule has 0 spiro atoms. The van der Waals surface area contributed by atoms with Crippen LogP contribution in [0.2, 0.25) is 0 Å². The van der Waals surface area contributed by atoms with Crippen molar-refractivity contribution in [3.05, 3.63) is 35.9 Å². The molecule has 0 aliphatic rings. The summed E-state index contributed by atoms with van der Waals surface area (Å²) >= 11 is 0. The molecule has 0 radical (unpaired) electrons. The lowest BCUT2D eigenvalue weighted by atomic mass is 10.1. The Morgan fingerprint density at radius 2 is 1.42 bits per heavy atom. The van der Waals surface area contributed by atoms with Gasteiger partial charge in [-0.1, -0.05) is 30.3 Å². The van der Waals surface area contributed by atoms with Crippen LogP contribution in [-0.2, 0) is 4.74 Å². The van der Waals surface area contributed by atoms with E-state index in [4.69, 9.17) is 0 Å². The Morgan fingerprint density at radius 3 is 1.84 bits per heavy atom. The van der Waals surface area contributed by atoms with Crippen LogP contribution in [0.3, 0.4) is 0 Å². The number of aliphatic hydroxyl groups is 1. The average molecular weight is 288 g/mol. The van der Waals surface area contributed by atoms with Crippen LogP contribution in [0.4, 0.5) is 26.3 Å². The first-order chi connectivity index (χ1) is 8.62. The molecule has 1 rings (SSSR count). The Hall–Kier alpha value is -1.28. The van der Waals surface area contributed by atoms with Gasteiger partial charge < -0.3 is 9.84 Å². The van der Waals surface area contributed by atoms with E-state index < -0.39 is 31.2 Å². The molecular weight excluding hydrogens is 278 g/mol. The summed E-state index contributed by atoms with van der Waals surface area (Å²) in [6.07, 6.45) is -16.6. The second-order valence-corrected chi connectivity index (χ2v) is 3.72. The zero-order chi connectivity index (χ0) is 14.7. The highest BCUT2D eigenvalue weighted by molar-refractivity contribution is 5.17. The summed E-state index contributed by atoms with van der Waals surface area (Å²) in [6.45, 7) is -1.10. The van der Waals surface area contributed by atoms with Crippen LogP contribution < -0.4 is 0 Å². The first kappa shape index (κ1) is 15.8. The standard InChI is InChI=1S/C11H10F6O2/c12-10(13,14)9(11(15,16)17)19-6-8(18)7-4-2-1-3-5-7/h1-5,8-9,18H,6H2/t8-/m1/s1. The van der Waals surface area contributed by atoms with Gasteiger partial charge in [-0.25, -0.2) is 0 Å². The van der Waals surface area contributed by atoms with Crippen LogP contribution in [0.25, 0.3) is 0 Å². The van der Waals surface area contributed by atoms with Crippen LogP contribution in [0.15, 0.2) is 30.3 Å². The molecule has 1 N–H and O–H groups in total. The molecule has 19 heavy (non-hydrogen) atoms. The Balaban J connectivity index is 2.68. The van der Waals surface area contributed by atoms with Gasteiger partial charge in [-0.2, -0.15) is 26.3 Å². The molecule has 1 atom stereocenters. The molecule has 1 aromatic carbocycles. The normalized spacial score (nSPS) is 14.7. The molecule has 0 saturated heterocycles. The minimum Gasteiger partial charge on any atom is -0.386 e. The van der Waals surface area contributed by atoms with Gasteiger partial charge in [0.05, 0.1) is 6.61 Å². The smallest absolute Gasteiger partial charge is 0.386 e. The lowest BCUT2D eigenvalue weighted by Gasteiger charge is -2.24. The highest BCUT2D eigenvalue weighted by Gasteiger charge is 2.58. The van der Waals surface area contributed by atoms with E-state index in [1.807, 2.05) is 0 Å². The van der Waals surface area contributed by atoms with Crippen LogP contribution in [-0.4, -0.2) is 30.2 Å². The molecule has 0 aliphatic carbocycles. The number of hydrogen-bond donors (Lipinski definition) is 1. The fraction of sp³-hybridized carbons (Fsp3) is 0.455. The number of halogens is 6. The fourth-order valence-corrected chi connectivity index (χ4v) is 1.33. The summed E-state index contributed by atoms with van der Waals surface area (Å²) in [5.41, 5.74) is 0.172. The summed E-state index contributed by atoms with van der Waals surface area (Å²) in [4.78, 5) is 0.